The van der Waals surface area contributed by atoms with Gasteiger partial charge in [0.15, 0.2) is 6.10 Å². The van der Waals surface area contributed by atoms with Gasteiger partial charge >= 0.3 is 5.97 Å². The molecule has 0 aromatic rings. The molecule has 1 unspecified atom stereocenters. The van der Waals surface area contributed by atoms with Crippen LogP contribution < -0.4 is 0 Å². The third-order valence-corrected chi connectivity index (χ3v) is 1.39. The van der Waals surface area contributed by atoms with Crippen molar-refractivity contribution in [1.29, 1.82) is 0 Å². The van der Waals surface area contributed by atoms with Crippen molar-refractivity contribution in [2.24, 2.45) is 5.92 Å². The van der Waals surface area contributed by atoms with E-state index in [4.69, 9.17) is 4.74 Å². The Balaban J connectivity index is 4.08. The second-order valence-electron chi connectivity index (χ2n) is 2.44. The average molecular weight is 176 g/mol. The van der Waals surface area contributed by atoms with Crippen LogP contribution in [0.5, 0.6) is 0 Å². The zero-order valence-electron chi connectivity index (χ0n) is 6.96. The first-order valence-corrected chi connectivity index (χ1v) is 3.93. The Bertz CT molecular complexity index is 145. The van der Waals surface area contributed by atoms with Crippen molar-refractivity contribution in [2.75, 3.05) is 7.11 Å². The summed E-state index contributed by atoms with van der Waals surface area (Å²) in [6.07, 6.45) is -0.516. The lowest BCUT2D eigenvalue weighted by molar-refractivity contribution is -0.151. The molecule has 0 spiro atoms. The van der Waals surface area contributed by atoms with Gasteiger partial charge in [-0.1, -0.05) is 22.7 Å². The van der Waals surface area contributed by atoms with Gasteiger partial charge in [-0.25, -0.2) is 4.79 Å². The number of methoxy groups -OCH3 is 1. The van der Waals surface area contributed by atoms with Gasteiger partial charge in [-0.3, -0.25) is 0 Å². The molecule has 0 N–H and O–H groups in total. The maximum atomic E-state index is 11.0. The van der Waals surface area contributed by atoms with Gasteiger partial charge < -0.3 is 9.47 Å². The van der Waals surface area contributed by atoms with Crippen molar-refractivity contribution in [2.45, 2.75) is 20.0 Å². The quantitative estimate of drug-likeness (QED) is 0.475. The first kappa shape index (κ1) is 10.6. The van der Waals surface area contributed by atoms with Crippen molar-refractivity contribution in [3.8, 4) is 0 Å². The van der Waals surface area contributed by atoms with Crippen molar-refractivity contribution < 1.29 is 14.3 Å². The number of ether oxygens (including phenoxy) is 2. The molecule has 0 aliphatic heterocycles. The van der Waals surface area contributed by atoms with Crippen LogP contribution in [0.15, 0.2) is 0 Å². The molecule has 4 heteroatoms. The van der Waals surface area contributed by atoms with Crippen LogP contribution >= 0.6 is 8.86 Å². The van der Waals surface area contributed by atoms with Crippen LogP contribution in [0.25, 0.3) is 0 Å². The lowest BCUT2D eigenvalue weighted by Crippen LogP contribution is -2.30. The van der Waals surface area contributed by atoms with Gasteiger partial charge in [0.2, 0.25) is 0 Å². The standard InChI is InChI=1S/C7H13O3P/c1-5(2)6(10-4-11)7(8)9-3/h4-6,11H,1-3H3. The number of hydrogen-bond acceptors (Lipinski definition) is 3. The Hall–Kier alpha value is -0.400. The molecule has 0 heterocycles. The monoisotopic (exact) mass is 176 g/mol. The van der Waals surface area contributed by atoms with Gasteiger partial charge in [-0.05, 0) is 5.92 Å². The molecular weight excluding hydrogens is 163 g/mol. The van der Waals surface area contributed by atoms with E-state index in [1.54, 1.807) is 0 Å². The number of carbonyl (C=O) groups excluding carboxylic acids is 1. The van der Waals surface area contributed by atoms with Crippen LogP contribution in [0.3, 0.4) is 0 Å². The van der Waals surface area contributed by atoms with Crippen LogP contribution in [-0.2, 0) is 14.3 Å². The predicted octanol–water partition coefficient (Wildman–Crippen LogP) is 1.10. The maximum Gasteiger partial charge on any atom is 0.335 e. The largest absolute Gasteiger partial charge is 0.467 e. The Kier molecular flexibility index (Phi) is 5.08. The zero-order valence-corrected chi connectivity index (χ0v) is 7.96. The smallest absolute Gasteiger partial charge is 0.335 e. The van der Waals surface area contributed by atoms with Crippen LogP contribution in [0.2, 0.25) is 0 Å². The lowest BCUT2D eigenvalue weighted by atomic mass is 10.1. The highest BCUT2D eigenvalue weighted by molar-refractivity contribution is 7.17. The van der Waals surface area contributed by atoms with E-state index in [2.05, 4.69) is 13.6 Å². The molecule has 64 valence electrons. The van der Waals surface area contributed by atoms with E-state index in [1.807, 2.05) is 13.8 Å². The molecule has 1 atom stereocenters. The van der Waals surface area contributed by atoms with Gasteiger partial charge in [-0.2, -0.15) is 0 Å². The summed E-state index contributed by atoms with van der Waals surface area (Å²) in [7, 11) is 4.35. The minimum Gasteiger partial charge on any atom is -0.467 e. The van der Waals surface area contributed by atoms with Crippen LogP contribution in [0.4, 0.5) is 0 Å². The fourth-order valence-corrected chi connectivity index (χ4v) is 0.821. The second-order valence-corrected chi connectivity index (χ2v) is 2.68. The molecule has 0 aromatic heterocycles. The number of carbonyl (C=O) groups is 1. The van der Waals surface area contributed by atoms with Gasteiger partial charge in [0.05, 0.1) is 13.1 Å². The van der Waals surface area contributed by atoms with E-state index in [-0.39, 0.29) is 11.9 Å². The number of hydrogen-bond donors (Lipinski definition) is 0. The summed E-state index contributed by atoms with van der Waals surface area (Å²) in [6.45, 7) is 3.77. The van der Waals surface area contributed by atoms with E-state index in [9.17, 15) is 4.79 Å². The molecule has 0 saturated carbocycles. The highest BCUT2D eigenvalue weighted by Gasteiger charge is 2.22. The first-order valence-electron chi connectivity index (χ1n) is 3.35. The summed E-state index contributed by atoms with van der Waals surface area (Å²) in [6, 6.07) is 0. The molecular formula is C7H13O3P. The summed E-state index contributed by atoms with van der Waals surface area (Å²) in [4.78, 5) is 11.0. The van der Waals surface area contributed by atoms with Crippen molar-refractivity contribution in [3.63, 3.8) is 0 Å². The van der Waals surface area contributed by atoms with E-state index < -0.39 is 6.10 Å². The molecule has 0 aromatic carbocycles. The topological polar surface area (TPSA) is 35.5 Å². The zero-order chi connectivity index (χ0) is 8.85. The predicted molar refractivity (Wildman–Crippen MR) is 46.1 cm³/mol. The van der Waals surface area contributed by atoms with Crippen LogP contribution in [0.1, 0.15) is 13.8 Å². The van der Waals surface area contributed by atoms with Crippen LogP contribution in [-0.4, -0.2) is 25.2 Å². The second kappa shape index (κ2) is 5.28. The third-order valence-electron chi connectivity index (χ3n) is 1.25. The third kappa shape index (κ3) is 3.49. The van der Waals surface area contributed by atoms with E-state index in [1.165, 1.54) is 13.1 Å². The fourth-order valence-electron chi connectivity index (χ4n) is 0.674. The van der Waals surface area contributed by atoms with Gasteiger partial charge in [0, 0.05) is 0 Å². The van der Waals surface area contributed by atoms with Gasteiger partial charge in [-0.15, -0.1) is 0 Å². The molecule has 0 amide bonds. The van der Waals surface area contributed by atoms with Gasteiger partial charge in [0.1, 0.15) is 0 Å². The first-order chi connectivity index (χ1) is 5.13. The number of rotatable bonds is 4. The normalized spacial score (nSPS) is 12.7. The maximum absolute atomic E-state index is 11.0. The summed E-state index contributed by atoms with van der Waals surface area (Å²) in [5.41, 5.74) is 0. The fraction of sp³-hybridized carbons (Fsp3) is 0.714. The average Bonchev–Trinajstić information content (AvgIpc) is 1.98. The Labute approximate surface area is 68.9 Å². The van der Waals surface area contributed by atoms with Crippen molar-refractivity contribution in [1.82, 2.24) is 0 Å². The summed E-state index contributed by atoms with van der Waals surface area (Å²) in [5, 5.41) is 0. The molecule has 0 radical (unpaired) electrons. The molecule has 0 bridgehead atoms. The molecule has 3 nitrogen and oxygen atoms in total. The molecule has 0 rings (SSSR count). The minimum atomic E-state index is -0.516. The Morgan fingerprint density at radius 3 is 2.36 bits per heavy atom. The highest BCUT2D eigenvalue weighted by atomic mass is 31.0. The summed E-state index contributed by atoms with van der Waals surface area (Å²) >= 11 is 0. The Morgan fingerprint density at radius 1 is 1.55 bits per heavy atom. The number of esters is 1. The minimum absolute atomic E-state index is 0.107. The van der Waals surface area contributed by atoms with Crippen molar-refractivity contribution in [3.05, 3.63) is 0 Å². The molecule has 0 aliphatic rings. The SMILES string of the molecule is COC(=O)C(OC=P)C(C)C. The van der Waals surface area contributed by atoms with E-state index in [0.717, 1.165) is 0 Å². The lowest BCUT2D eigenvalue weighted by Gasteiger charge is -2.15. The summed E-state index contributed by atoms with van der Waals surface area (Å²) < 4.78 is 9.49. The van der Waals surface area contributed by atoms with E-state index in [0.29, 0.717) is 0 Å². The Morgan fingerprint density at radius 2 is 2.09 bits per heavy atom. The molecule has 11 heavy (non-hydrogen) atoms. The van der Waals surface area contributed by atoms with Crippen molar-refractivity contribution >= 4 is 20.8 Å². The molecule has 0 saturated heterocycles. The van der Waals surface area contributed by atoms with Gasteiger partial charge in [0.25, 0.3) is 0 Å². The summed E-state index contributed by atoms with van der Waals surface area (Å²) in [5.74, 6) is 1.06. The highest BCUT2D eigenvalue weighted by Crippen LogP contribution is 2.07. The van der Waals surface area contributed by atoms with E-state index >= 15 is 0 Å². The molecule has 0 fully saturated rings. The van der Waals surface area contributed by atoms with Crippen LogP contribution in [0, 0.1) is 5.92 Å². The molecule has 0 aliphatic carbocycles.